The van der Waals surface area contributed by atoms with E-state index in [0.717, 1.165) is 25.2 Å². The fourth-order valence-corrected chi connectivity index (χ4v) is 3.94. The Morgan fingerprint density at radius 2 is 2.17 bits per heavy atom. The van der Waals surface area contributed by atoms with E-state index >= 15 is 0 Å². The highest BCUT2D eigenvalue weighted by molar-refractivity contribution is 5.71. The number of allylic oxidation sites excluding steroid dienone is 1. The van der Waals surface area contributed by atoms with Gasteiger partial charge >= 0.3 is 0 Å². The minimum absolute atomic E-state index is 0.302. The second-order valence-corrected chi connectivity index (χ2v) is 6.72. The molecule has 0 aromatic carbocycles. The zero-order valence-electron chi connectivity index (χ0n) is 13.7. The average molecular weight is 324 g/mol. The van der Waals surface area contributed by atoms with Gasteiger partial charge in [-0.05, 0) is 35.3 Å². The summed E-state index contributed by atoms with van der Waals surface area (Å²) in [6, 6.07) is 2.26. The molecule has 2 aromatic heterocycles. The van der Waals surface area contributed by atoms with E-state index in [1.54, 1.807) is 0 Å². The van der Waals surface area contributed by atoms with Gasteiger partial charge < -0.3 is 14.8 Å². The van der Waals surface area contributed by atoms with Gasteiger partial charge in [-0.1, -0.05) is 0 Å². The summed E-state index contributed by atoms with van der Waals surface area (Å²) in [6.45, 7) is 2.23. The molecule has 0 radical (unpaired) electrons. The normalized spacial score (nSPS) is 24.2. The average Bonchev–Trinajstić information content (AvgIpc) is 3.36. The summed E-state index contributed by atoms with van der Waals surface area (Å²) in [6.07, 6.45) is 9.98. The summed E-state index contributed by atoms with van der Waals surface area (Å²) >= 11 is 0. The topological polar surface area (TPSA) is 61.2 Å². The first-order chi connectivity index (χ1) is 11.7. The van der Waals surface area contributed by atoms with E-state index in [-0.39, 0.29) is 0 Å². The smallest absolute Gasteiger partial charge is 0.188 e. The van der Waals surface area contributed by atoms with Gasteiger partial charge in [-0.15, -0.1) is 0 Å². The van der Waals surface area contributed by atoms with Crippen molar-refractivity contribution in [2.45, 2.75) is 24.5 Å². The van der Waals surface area contributed by atoms with Crippen LogP contribution in [0.5, 0.6) is 0 Å². The molecule has 0 bridgehead atoms. The minimum Gasteiger partial charge on any atom is -0.369 e. The molecular formula is C18H20N4O2. The van der Waals surface area contributed by atoms with E-state index in [1.807, 2.05) is 24.1 Å². The van der Waals surface area contributed by atoms with E-state index in [2.05, 4.69) is 33.7 Å². The minimum atomic E-state index is -0.491. The Morgan fingerprint density at radius 1 is 1.29 bits per heavy atom. The van der Waals surface area contributed by atoms with Crippen LogP contribution in [0.4, 0.5) is 5.82 Å². The second kappa shape index (κ2) is 5.16. The predicted molar refractivity (Wildman–Crippen MR) is 89.6 cm³/mol. The molecule has 2 aliphatic heterocycles. The van der Waals surface area contributed by atoms with Crippen molar-refractivity contribution in [1.29, 1.82) is 0 Å². The molecular weight excluding hydrogens is 304 g/mol. The molecule has 1 unspecified atom stereocenters. The third-order valence-corrected chi connectivity index (χ3v) is 5.18. The Balaban J connectivity index is 1.50. The van der Waals surface area contributed by atoms with Crippen LogP contribution >= 0.6 is 0 Å². The van der Waals surface area contributed by atoms with Crippen LogP contribution in [0.15, 0.2) is 30.7 Å². The number of aromatic nitrogens is 3. The van der Waals surface area contributed by atoms with Crippen LogP contribution in [0.25, 0.3) is 5.57 Å². The molecule has 0 saturated carbocycles. The first-order valence-corrected chi connectivity index (χ1v) is 8.45. The van der Waals surface area contributed by atoms with Crippen LogP contribution in [0.1, 0.15) is 35.4 Å². The Morgan fingerprint density at radius 3 is 2.96 bits per heavy atom. The molecule has 6 nitrogen and oxygen atoms in total. The van der Waals surface area contributed by atoms with Gasteiger partial charge in [0.25, 0.3) is 0 Å². The summed E-state index contributed by atoms with van der Waals surface area (Å²) in [5.74, 6) is 0.792. The lowest BCUT2D eigenvalue weighted by Crippen LogP contribution is -2.23. The monoisotopic (exact) mass is 324 g/mol. The molecule has 124 valence electrons. The maximum atomic E-state index is 5.80. The number of pyridine rings is 1. The van der Waals surface area contributed by atoms with Crippen molar-refractivity contribution in [2.75, 3.05) is 25.1 Å². The van der Waals surface area contributed by atoms with Crippen molar-refractivity contribution in [3.8, 4) is 0 Å². The standard InChI is InChI=1S/C18H20N4O2/c1-22-11-14(9-21-22)16-10-20-17-15(16)6-13(8-19-17)12-2-3-18(7-12)23-4-5-24-18/h6-9,11,16H,2-5,10H2,1H3,(H,19,20). The Kier molecular flexibility index (Phi) is 3.05. The van der Waals surface area contributed by atoms with Crippen molar-refractivity contribution in [1.82, 2.24) is 14.8 Å². The lowest BCUT2D eigenvalue weighted by Gasteiger charge is -2.17. The fourth-order valence-electron chi connectivity index (χ4n) is 3.94. The maximum absolute atomic E-state index is 5.80. The highest BCUT2D eigenvalue weighted by Crippen LogP contribution is 2.42. The summed E-state index contributed by atoms with van der Waals surface area (Å²) < 4.78 is 13.4. The lowest BCUT2D eigenvalue weighted by atomic mass is 9.94. The lowest BCUT2D eigenvalue weighted by molar-refractivity contribution is -0.114. The van der Waals surface area contributed by atoms with Gasteiger partial charge in [0.15, 0.2) is 5.79 Å². The Bertz CT molecular complexity index is 820. The first-order valence-electron chi connectivity index (χ1n) is 8.45. The molecule has 1 fully saturated rings. The number of hydrogen-bond acceptors (Lipinski definition) is 5. The van der Waals surface area contributed by atoms with Crippen molar-refractivity contribution in [3.63, 3.8) is 0 Å². The van der Waals surface area contributed by atoms with Crippen molar-refractivity contribution >= 4 is 11.4 Å². The molecule has 0 amide bonds. The zero-order valence-corrected chi connectivity index (χ0v) is 13.7. The third-order valence-electron chi connectivity index (χ3n) is 5.18. The molecule has 1 spiro atoms. The maximum Gasteiger partial charge on any atom is 0.188 e. The van der Waals surface area contributed by atoms with Gasteiger partial charge in [0.1, 0.15) is 5.82 Å². The number of hydrogen-bond donors (Lipinski definition) is 1. The molecule has 6 heteroatoms. The van der Waals surface area contributed by atoms with Gasteiger partial charge in [-0.3, -0.25) is 4.68 Å². The van der Waals surface area contributed by atoms with Gasteiger partial charge in [0.05, 0.1) is 19.4 Å². The third kappa shape index (κ3) is 2.17. The van der Waals surface area contributed by atoms with E-state index < -0.39 is 5.79 Å². The Hall–Kier alpha value is -2.18. The van der Waals surface area contributed by atoms with Gasteiger partial charge in [-0.2, -0.15) is 5.10 Å². The second-order valence-electron chi connectivity index (χ2n) is 6.72. The summed E-state index contributed by atoms with van der Waals surface area (Å²) in [4.78, 5) is 4.64. The molecule has 5 rings (SSSR count). The van der Waals surface area contributed by atoms with Gasteiger partial charge in [0.2, 0.25) is 0 Å². The Labute approximate surface area is 140 Å². The van der Waals surface area contributed by atoms with Crippen LogP contribution in [0.2, 0.25) is 0 Å². The number of nitrogens with zero attached hydrogens (tertiary/aromatic N) is 3. The molecule has 2 aromatic rings. The van der Waals surface area contributed by atoms with Crippen molar-refractivity contribution in [3.05, 3.63) is 47.4 Å². The van der Waals surface area contributed by atoms with Crippen LogP contribution in [0.3, 0.4) is 0 Å². The zero-order chi connectivity index (χ0) is 16.1. The van der Waals surface area contributed by atoms with Gasteiger partial charge in [0, 0.05) is 43.9 Å². The molecule has 1 N–H and O–H groups in total. The number of nitrogens with one attached hydrogen (secondary N) is 1. The SMILES string of the molecule is Cn1cc(C2CNc3ncc(C4=CC5(CC4)OCCO5)cc32)cn1. The summed E-state index contributed by atoms with van der Waals surface area (Å²) in [5.41, 5.74) is 4.91. The largest absolute Gasteiger partial charge is 0.369 e. The summed E-state index contributed by atoms with van der Waals surface area (Å²) in [7, 11) is 1.95. The number of rotatable bonds is 2. The quantitative estimate of drug-likeness (QED) is 0.918. The number of fused-ring (bicyclic) bond motifs is 1. The molecule has 1 atom stereocenters. The van der Waals surface area contributed by atoms with Gasteiger partial charge in [-0.25, -0.2) is 4.98 Å². The van der Waals surface area contributed by atoms with E-state index in [0.29, 0.717) is 19.1 Å². The van der Waals surface area contributed by atoms with E-state index in [9.17, 15) is 0 Å². The molecule has 3 aliphatic rings. The molecule has 4 heterocycles. The number of ether oxygens (including phenoxy) is 2. The predicted octanol–water partition coefficient (Wildman–Crippen LogP) is 2.29. The van der Waals surface area contributed by atoms with Crippen molar-refractivity contribution < 1.29 is 9.47 Å². The van der Waals surface area contributed by atoms with Crippen LogP contribution in [0, 0.1) is 0 Å². The van der Waals surface area contributed by atoms with Crippen molar-refractivity contribution in [2.24, 2.45) is 7.05 Å². The highest BCUT2D eigenvalue weighted by atomic mass is 16.7. The van der Waals surface area contributed by atoms with Crippen LogP contribution in [-0.2, 0) is 16.5 Å². The van der Waals surface area contributed by atoms with E-state index in [4.69, 9.17) is 9.47 Å². The molecule has 1 aliphatic carbocycles. The fraction of sp³-hybridized carbons (Fsp3) is 0.444. The number of aryl methyl sites for hydroxylation is 1. The van der Waals surface area contributed by atoms with Crippen LogP contribution in [-0.4, -0.2) is 40.3 Å². The molecule has 1 saturated heterocycles. The first kappa shape index (κ1) is 14.2. The summed E-state index contributed by atoms with van der Waals surface area (Å²) in [5, 5.41) is 7.71. The van der Waals surface area contributed by atoms with Crippen LogP contribution < -0.4 is 5.32 Å². The highest BCUT2D eigenvalue weighted by Gasteiger charge is 2.39. The van der Waals surface area contributed by atoms with E-state index in [1.165, 1.54) is 22.3 Å². The number of anilines is 1. The molecule has 24 heavy (non-hydrogen) atoms.